The molecular formula is C7H16N4S. The quantitative estimate of drug-likeness (QED) is 0.265. The number of thiocarbonyl (C=S) groups is 1. The molecule has 0 aliphatic carbocycles. The molecule has 5 heteroatoms. The highest BCUT2D eigenvalue weighted by Gasteiger charge is 1.96. The largest absolute Gasteiger partial charge is 0.300 e. The SMILES string of the molecule is C/C(CC(C)C)=N\NC(=S)NN. The van der Waals surface area contributed by atoms with Crippen LogP contribution in [-0.2, 0) is 0 Å². The number of hydrogen-bond acceptors (Lipinski definition) is 3. The van der Waals surface area contributed by atoms with Gasteiger partial charge in [-0.3, -0.25) is 10.9 Å². The van der Waals surface area contributed by atoms with Gasteiger partial charge < -0.3 is 0 Å². The van der Waals surface area contributed by atoms with Crippen LogP contribution in [0.4, 0.5) is 0 Å². The van der Waals surface area contributed by atoms with E-state index in [-0.39, 0.29) is 0 Å². The van der Waals surface area contributed by atoms with E-state index in [4.69, 9.17) is 18.1 Å². The molecule has 0 unspecified atom stereocenters. The molecule has 0 radical (unpaired) electrons. The van der Waals surface area contributed by atoms with Gasteiger partial charge in [-0.1, -0.05) is 13.8 Å². The van der Waals surface area contributed by atoms with E-state index < -0.39 is 0 Å². The summed E-state index contributed by atoms with van der Waals surface area (Å²) < 4.78 is 0. The van der Waals surface area contributed by atoms with E-state index in [1.165, 1.54) is 0 Å². The summed E-state index contributed by atoms with van der Waals surface area (Å²) in [6.07, 6.45) is 0.959. The van der Waals surface area contributed by atoms with Crippen LogP contribution in [0.15, 0.2) is 5.10 Å². The number of nitrogens with two attached hydrogens (primary N) is 1. The molecule has 0 spiro atoms. The fraction of sp³-hybridized carbons (Fsp3) is 0.714. The van der Waals surface area contributed by atoms with Gasteiger partial charge in [0.15, 0.2) is 0 Å². The van der Waals surface area contributed by atoms with Crippen LogP contribution in [0.25, 0.3) is 0 Å². The number of nitrogens with one attached hydrogen (secondary N) is 2. The average Bonchev–Trinajstić information content (AvgIpc) is 1.99. The lowest BCUT2D eigenvalue weighted by atomic mass is 10.1. The fourth-order valence-corrected chi connectivity index (χ4v) is 0.861. The van der Waals surface area contributed by atoms with Crippen LogP contribution in [-0.4, -0.2) is 10.8 Å². The Morgan fingerprint density at radius 3 is 2.58 bits per heavy atom. The average molecular weight is 188 g/mol. The maximum Gasteiger partial charge on any atom is 0.201 e. The molecule has 70 valence electrons. The molecule has 0 saturated carbocycles. The van der Waals surface area contributed by atoms with E-state index in [1.807, 2.05) is 6.92 Å². The smallest absolute Gasteiger partial charge is 0.201 e. The van der Waals surface area contributed by atoms with Gasteiger partial charge in [-0.25, -0.2) is 5.84 Å². The monoisotopic (exact) mass is 188 g/mol. The molecule has 0 aromatic carbocycles. The Morgan fingerprint density at radius 2 is 2.17 bits per heavy atom. The molecule has 4 nitrogen and oxygen atoms in total. The van der Waals surface area contributed by atoms with E-state index in [9.17, 15) is 0 Å². The highest BCUT2D eigenvalue weighted by Crippen LogP contribution is 1.99. The number of hydrogen-bond donors (Lipinski definition) is 3. The van der Waals surface area contributed by atoms with Crippen LogP contribution in [0.1, 0.15) is 27.2 Å². The molecule has 12 heavy (non-hydrogen) atoms. The first kappa shape index (κ1) is 11.3. The highest BCUT2D eigenvalue weighted by atomic mass is 32.1. The summed E-state index contributed by atoms with van der Waals surface area (Å²) in [4.78, 5) is 0. The number of hydrazone groups is 1. The molecular weight excluding hydrogens is 172 g/mol. The van der Waals surface area contributed by atoms with Crippen molar-refractivity contribution in [2.45, 2.75) is 27.2 Å². The van der Waals surface area contributed by atoms with E-state index in [0.29, 0.717) is 11.0 Å². The van der Waals surface area contributed by atoms with Crippen molar-refractivity contribution < 1.29 is 0 Å². The van der Waals surface area contributed by atoms with E-state index in [1.54, 1.807) is 0 Å². The zero-order valence-electron chi connectivity index (χ0n) is 7.72. The third-order valence-electron chi connectivity index (χ3n) is 1.18. The van der Waals surface area contributed by atoms with Gasteiger partial charge in [0.05, 0.1) is 0 Å². The van der Waals surface area contributed by atoms with Crippen molar-refractivity contribution in [3.8, 4) is 0 Å². The van der Waals surface area contributed by atoms with Gasteiger partial charge in [0.25, 0.3) is 0 Å². The Bertz CT molecular complexity index is 176. The molecule has 0 bridgehead atoms. The van der Waals surface area contributed by atoms with Gasteiger partial charge >= 0.3 is 0 Å². The zero-order valence-corrected chi connectivity index (χ0v) is 8.53. The van der Waals surface area contributed by atoms with Gasteiger partial charge in [0, 0.05) is 5.71 Å². The van der Waals surface area contributed by atoms with Crippen molar-refractivity contribution in [2.24, 2.45) is 16.9 Å². The predicted octanol–water partition coefficient (Wildman–Crippen LogP) is 0.746. The first-order valence-corrected chi connectivity index (χ1v) is 4.26. The predicted molar refractivity (Wildman–Crippen MR) is 55.6 cm³/mol. The topological polar surface area (TPSA) is 62.4 Å². The molecule has 0 aromatic heterocycles. The zero-order chi connectivity index (χ0) is 9.56. The maximum absolute atomic E-state index is 5.04. The van der Waals surface area contributed by atoms with Crippen LogP contribution in [0.3, 0.4) is 0 Å². The number of nitrogens with zero attached hydrogens (tertiary/aromatic N) is 1. The summed E-state index contributed by atoms with van der Waals surface area (Å²) in [6.45, 7) is 6.23. The van der Waals surface area contributed by atoms with E-state index >= 15 is 0 Å². The van der Waals surface area contributed by atoms with Crippen LogP contribution >= 0.6 is 12.2 Å². The molecule has 4 N–H and O–H groups in total. The second kappa shape index (κ2) is 5.91. The third kappa shape index (κ3) is 6.06. The summed E-state index contributed by atoms with van der Waals surface area (Å²) in [7, 11) is 0. The highest BCUT2D eigenvalue weighted by molar-refractivity contribution is 7.80. The summed E-state index contributed by atoms with van der Waals surface area (Å²) >= 11 is 4.73. The van der Waals surface area contributed by atoms with Crippen molar-refractivity contribution in [1.82, 2.24) is 10.9 Å². The molecule has 0 saturated heterocycles. The van der Waals surface area contributed by atoms with Crippen molar-refractivity contribution >= 4 is 23.0 Å². The third-order valence-corrected chi connectivity index (χ3v) is 1.39. The molecule has 0 fully saturated rings. The Labute approximate surface area is 78.6 Å². The Balaban J connectivity index is 3.76. The van der Waals surface area contributed by atoms with Crippen molar-refractivity contribution in [2.75, 3.05) is 0 Å². The van der Waals surface area contributed by atoms with Gasteiger partial charge in [-0.05, 0) is 31.5 Å². The molecule has 0 rings (SSSR count). The molecule has 0 aliphatic rings. The lowest BCUT2D eigenvalue weighted by Gasteiger charge is -2.05. The standard InChI is InChI=1S/C7H16N4S/c1-5(2)4-6(3)10-11-7(12)9-8/h5H,4,8H2,1-3H3,(H2,9,11,12)/b10-6+. The van der Waals surface area contributed by atoms with E-state index in [2.05, 4.69) is 29.8 Å². The minimum Gasteiger partial charge on any atom is -0.300 e. The van der Waals surface area contributed by atoms with E-state index in [0.717, 1.165) is 12.1 Å². The molecule has 0 aliphatic heterocycles. The van der Waals surface area contributed by atoms with Gasteiger partial charge in [0.1, 0.15) is 0 Å². The van der Waals surface area contributed by atoms with Gasteiger partial charge in [-0.15, -0.1) is 0 Å². The molecule has 0 heterocycles. The Hall–Kier alpha value is -0.680. The van der Waals surface area contributed by atoms with Crippen molar-refractivity contribution in [3.05, 3.63) is 0 Å². The Kier molecular flexibility index (Phi) is 5.57. The first-order chi connectivity index (χ1) is 5.56. The summed E-state index contributed by atoms with van der Waals surface area (Å²) in [5.74, 6) is 5.64. The van der Waals surface area contributed by atoms with Crippen LogP contribution in [0.5, 0.6) is 0 Å². The summed E-state index contributed by atoms with van der Waals surface area (Å²) in [6, 6.07) is 0. The summed E-state index contributed by atoms with van der Waals surface area (Å²) in [5, 5.41) is 4.35. The minimum atomic E-state index is 0.332. The number of hydrazine groups is 1. The molecule has 0 atom stereocenters. The molecule has 0 aromatic rings. The van der Waals surface area contributed by atoms with Crippen LogP contribution < -0.4 is 16.7 Å². The van der Waals surface area contributed by atoms with Crippen LogP contribution in [0.2, 0.25) is 0 Å². The second-order valence-electron chi connectivity index (χ2n) is 3.03. The minimum absolute atomic E-state index is 0.332. The summed E-state index contributed by atoms with van der Waals surface area (Å²) in [5.41, 5.74) is 5.92. The van der Waals surface area contributed by atoms with Gasteiger partial charge in [0.2, 0.25) is 5.11 Å². The molecule has 0 amide bonds. The lowest BCUT2D eigenvalue weighted by molar-refractivity contribution is 0.679. The maximum atomic E-state index is 5.04. The number of rotatable bonds is 3. The van der Waals surface area contributed by atoms with Crippen molar-refractivity contribution in [1.29, 1.82) is 0 Å². The van der Waals surface area contributed by atoms with Crippen molar-refractivity contribution in [3.63, 3.8) is 0 Å². The van der Waals surface area contributed by atoms with Gasteiger partial charge in [-0.2, -0.15) is 5.10 Å². The van der Waals surface area contributed by atoms with Crippen LogP contribution in [0, 0.1) is 5.92 Å². The second-order valence-corrected chi connectivity index (χ2v) is 3.44. The Morgan fingerprint density at radius 1 is 1.58 bits per heavy atom. The first-order valence-electron chi connectivity index (χ1n) is 3.86. The normalized spacial score (nSPS) is 11.6. The lowest BCUT2D eigenvalue weighted by Crippen LogP contribution is -2.37. The fourth-order valence-electron chi connectivity index (χ4n) is 0.815.